The first-order valence-corrected chi connectivity index (χ1v) is 8.00. The Morgan fingerprint density at radius 2 is 2.00 bits per heavy atom. The molecule has 1 aliphatic carbocycles. The van der Waals surface area contributed by atoms with Crippen LogP contribution in [0.3, 0.4) is 0 Å². The molecule has 1 aromatic heterocycles. The van der Waals surface area contributed by atoms with E-state index in [0.29, 0.717) is 24.7 Å². The Hall–Kier alpha value is -1.11. The topological polar surface area (TPSA) is 90.0 Å². The van der Waals surface area contributed by atoms with E-state index in [9.17, 15) is 9.90 Å². The van der Waals surface area contributed by atoms with Gasteiger partial charge in [-0.2, -0.15) is 5.10 Å². The SMILES string of the molecule is Cl.O=C(Nc1cc(C2CCCCCC2)[nH]n1)C1CC(O)CN1. The molecule has 2 aliphatic rings. The Kier molecular flexibility index (Phi) is 6.23. The second-order valence-corrected chi connectivity index (χ2v) is 6.24. The van der Waals surface area contributed by atoms with Crippen molar-refractivity contribution in [2.75, 3.05) is 11.9 Å². The van der Waals surface area contributed by atoms with Crippen molar-refractivity contribution in [3.05, 3.63) is 11.8 Å². The third kappa shape index (κ3) is 4.21. The summed E-state index contributed by atoms with van der Waals surface area (Å²) < 4.78 is 0. The van der Waals surface area contributed by atoms with Gasteiger partial charge in [0.15, 0.2) is 5.82 Å². The Morgan fingerprint density at radius 1 is 1.27 bits per heavy atom. The molecule has 0 spiro atoms. The number of aliphatic hydroxyl groups is 1. The average molecular weight is 329 g/mol. The zero-order valence-electron chi connectivity index (χ0n) is 12.7. The van der Waals surface area contributed by atoms with Gasteiger partial charge in [0.05, 0.1) is 12.1 Å². The van der Waals surface area contributed by atoms with Crippen LogP contribution in [0.5, 0.6) is 0 Å². The highest BCUT2D eigenvalue weighted by Crippen LogP contribution is 2.31. The van der Waals surface area contributed by atoms with Crippen LogP contribution in [0, 0.1) is 0 Å². The number of anilines is 1. The molecule has 2 unspecified atom stereocenters. The molecule has 7 heteroatoms. The Bertz CT molecular complexity index is 486. The minimum absolute atomic E-state index is 0. The number of hydrogen-bond acceptors (Lipinski definition) is 4. The maximum absolute atomic E-state index is 12.1. The van der Waals surface area contributed by atoms with Gasteiger partial charge in [-0.1, -0.05) is 25.7 Å². The largest absolute Gasteiger partial charge is 0.392 e. The number of β-amino-alcohol motifs (C(OH)–C–C–N with tert-alkyl or cyclic N) is 1. The van der Waals surface area contributed by atoms with Gasteiger partial charge >= 0.3 is 0 Å². The van der Waals surface area contributed by atoms with Gasteiger partial charge in [-0.25, -0.2) is 0 Å². The smallest absolute Gasteiger partial charge is 0.242 e. The molecular formula is C15H25ClN4O2. The first-order chi connectivity index (χ1) is 10.2. The summed E-state index contributed by atoms with van der Waals surface area (Å²) in [5, 5.41) is 22.6. The van der Waals surface area contributed by atoms with Crippen molar-refractivity contribution in [1.29, 1.82) is 0 Å². The van der Waals surface area contributed by atoms with E-state index in [1.165, 1.54) is 38.5 Å². The molecule has 2 fully saturated rings. The number of amides is 1. The van der Waals surface area contributed by atoms with E-state index in [2.05, 4.69) is 20.8 Å². The van der Waals surface area contributed by atoms with Crippen molar-refractivity contribution >= 4 is 24.1 Å². The van der Waals surface area contributed by atoms with E-state index >= 15 is 0 Å². The molecule has 1 saturated heterocycles. The summed E-state index contributed by atoms with van der Waals surface area (Å²) >= 11 is 0. The number of H-pyrrole nitrogens is 1. The second kappa shape index (κ2) is 7.94. The van der Waals surface area contributed by atoms with Crippen molar-refractivity contribution < 1.29 is 9.90 Å². The number of hydrogen-bond donors (Lipinski definition) is 4. The predicted octanol–water partition coefficient (Wildman–Crippen LogP) is 1.93. The molecule has 6 nitrogen and oxygen atoms in total. The van der Waals surface area contributed by atoms with Crippen molar-refractivity contribution in [3.8, 4) is 0 Å². The van der Waals surface area contributed by atoms with Gasteiger partial charge in [0.2, 0.25) is 5.91 Å². The van der Waals surface area contributed by atoms with Gasteiger partial charge in [0, 0.05) is 24.2 Å². The van der Waals surface area contributed by atoms with Crippen molar-refractivity contribution in [1.82, 2.24) is 15.5 Å². The molecule has 3 rings (SSSR count). The molecule has 1 amide bonds. The third-order valence-electron chi connectivity index (χ3n) is 4.57. The fourth-order valence-electron chi connectivity index (χ4n) is 3.33. The molecule has 2 atom stereocenters. The van der Waals surface area contributed by atoms with E-state index in [-0.39, 0.29) is 24.4 Å². The molecule has 1 aliphatic heterocycles. The monoisotopic (exact) mass is 328 g/mol. The highest BCUT2D eigenvalue weighted by molar-refractivity contribution is 5.94. The molecule has 22 heavy (non-hydrogen) atoms. The van der Waals surface area contributed by atoms with Crippen molar-refractivity contribution in [3.63, 3.8) is 0 Å². The summed E-state index contributed by atoms with van der Waals surface area (Å²) in [6.45, 7) is 0.478. The molecule has 1 aromatic rings. The van der Waals surface area contributed by atoms with E-state index in [0.717, 1.165) is 5.69 Å². The van der Waals surface area contributed by atoms with Gasteiger partial charge in [-0.05, 0) is 19.3 Å². The molecule has 2 heterocycles. The van der Waals surface area contributed by atoms with Crippen LogP contribution in [0.15, 0.2) is 6.07 Å². The van der Waals surface area contributed by atoms with Gasteiger partial charge in [0.25, 0.3) is 0 Å². The lowest BCUT2D eigenvalue weighted by Crippen LogP contribution is -2.35. The maximum Gasteiger partial charge on any atom is 0.242 e. The highest BCUT2D eigenvalue weighted by atomic mass is 35.5. The van der Waals surface area contributed by atoms with E-state index < -0.39 is 6.10 Å². The number of carbonyl (C=O) groups excluding carboxylic acids is 1. The summed E-state index contributed by atoms with van der Waals surface area (Å²) in [7, 11) is 0. The number of aliphatic hydroxyl groups excluding tert-OH is 1. The number of aromatic nitrogens is 2. The Balaban J connectivity index is 0.00000176. The summed E-state index contributed by atoms with van der Waals surface area (Å²) in [5.41, 5.74) is 1.13. The van der Waals surface area contributed by atoms with E-state index in [1.54, 1.807) is 0 Å². The Labute approximate surface area is 136 Å². The average Bonchev–Trinajstić information content (AvgIpc) is 3.01. The van der Waals surface area contributed by atoms with Crippen LogP contribution in [0.2, 0.25) is 0 Å². The third-order valence-corrected chi connectivity index (χ3v) is 4.57. The van der Waals surface area contributed by atoms with Crippen LogP contribution in [-0.4, -0.2) is 39.9 Å². The first kappa shape index (κ1) is 17.2. The number of nitrogens with one attached hydrogen (secondary N) is 3. The second-order valence-electron chi connectivity index (χ2n) is 6.24. The normalized spacial score (nSPS) is 26.2. The van der Waals surface area contributed by atoms with Gasteiger partial charge in [-0.3, -0.25) is 9.89 Å². The number of rotatable bonds is 3. The standard InChI is InChI=1S/C15H24N4O2.ClH/c20-11-7-13(16-9-11)15(21)17-14-8-12(18-19-14)10-5-3-1-2-4-6-10;/h8,10-11,13,16,20H,1-7,9H2,(H2,17,18,19,21);1H. The number of halogens is 1. The zero-order valence-corrected chi connectivity index (χ0v) is 13.5. The number of aromatic amines is 1. The fraction of sp³-hybridized carbons (Fsp3) is 0.733. The summed E-state index contributed by atoms with van der Waals surface area (Å²) in [6, 6.07) is 1.64. The Morgan fingerprint density at radius 3 is 2.64 bits per heavy atom. The van der Waals surface area contributed by atoms with E-state index in [1.807, 2.05) is 6.07 Å². The fourth-order valence-corrected chi connectivity index (χ4v) is 3.33. The van der Waals surface area contributed by atoms with Crippen LogP contribution in [0.1, 0.15) is 56.6 Å². The minimum Gasteiger partial charge on any atom is -0.392 e. The molecule has 0 radical (unpaired) electrons. The minimum atomic E-state index is -0.429. The van der Waals surface area contributed by atoms with E-state index in [4.69, 9.17) is 0 Å². The van der Waals surface area contributed by atoms with Crippen LogP contribution in [0.4, 0.5) is 5.82 Å². The van der Waals surface area contributed by atoms with Crippen molar-refractivity contribution in [2.24, 2.45) is 0 Å². The van der Waals surface area contributed by atoms with Gasteiger partial charge in [0.1, 0.15) is 0 Å². The zero-order chi connectivity index (χ0) is 14.7. The van der Waals surface area contributed by atoms with Gasteiger partial charge in [-0.15, -0.1) is 12.4 Å². The number of carbonyl (C=O) groups is 1. The van der Waals surface area contributed by atoms with Gasteiger partial charge < -0.3 is 15.7 Å². The number of nitrogens with zero attached hydrogens (tertiary/aromatic N) is 1. The van der Waals surface area contributed by atoms with Crippen LogP contribution < -0.4 is 10.6 Å². The van der Waals surface area contributed by atoms with Crippen molar-refractivity contribution in [2.45, 2.75) is 63.0 Å². The lowest BCUT2D eigenvalue weighted by Gasteiger charge is -2.10. The van der Waals surface area contributed by atoms with Crippen LogP contribution in [0.25, 0.3) is 0 Å². The molecule has 0 bridgehead atoms. The summed E-state index contributed by atoms with van der Waals surface area (Å²) in [4.78, 5) is 12.1. The molecular weight excluding hydrogens is 304 g/mol. The predicted molar refractivity (Wildman–Crippen MR) is 87.3 cm³/mol. The lowest BCUT2D eigenvalue weighted by atomic mass is 9.97. The first-order valence-electron chi connectivity index (χ1n) is 8.00. The maximum atomic E-state index is 12.1. The molecule has 124 valence electrons. The molecule has 1 saturated carbocycles. The van der Waals surface area contributed by atoms with Crippen LogP contribution in [-0.2, 0) is 4.79 Å². The molecule has 0 aromatic carbocycles. The molecule has 4 N–H and O–H groups in total. The van der Waals surface area contributed by atoms with Crippen LogP contribution >= 0.6 is 12.4 Å². The quantitative estimate of drug-likeness (QED) is 0.638. The lowest BCUT2D eigenvalue weighted by molar-refractivity contribution is -0.118. The summed E-state index contributed by atoms with van der Waals surface area (Å²) in [5.74, 6) is 1.00. The summed E-state index contributed by atoms with van der Waals surface area (Å²) in [6.07, 6.45) is 7.63. The highest BCUT2D eigenvalue weighted by Gasteiger charge is 2.28.